The molecule has 0 N–H and O–H groups in total. The first kappa shape index (κ1) is 46.1. The fourth-order valence-electron chi connectivity index (χ4n) is 10.2. The standard InChI is InChI=1S/C26H22ClN.C23H29BO2.C9H5Cl2N/c1-15-8-10-21-18(12-15)19-13-16(2)14-20(25(19)26(21,3)4)24-11-9-17-22(27)6-5-7-23(17)28-24;1-14-9-10-18-16(11-14)17-12-15(2)13-19(20(17)21(18,3)4)24-25-22(5,6)23(7,8)26-24;10-7-2-1-3-8-6(7)4-5-9(11)12-8/h5-14H,1-4H3;9-13H,1-8H3;1-5H. The van der Waals surface area contributed by atoms with Crippen molar-refractivity contribution in [2.24, 2.45) is 0 Å². The molecule has 0 radical (unpaired) electrons. The molecule has 6 aromatic carbocycles. The number of rotatable bonds is 2. The lowest BCUT2D eigenvalue weighted by Gasteiger charge is -2.32. The predicted molar refractivity (Wildman–Crippen MR) is 280 cm³/mol. The van der Waals surface area contributed by atoms with Gasteiger partial charge in [0.25, 0.3) is 0 Å². The first-order chi connectivity index (χ1) is 31.1. The molecule has 2 aliphatic carbocycles. The van der Waals surface area contributed by atoms with Crippen LogP contribution in [0, 0.1) is 27.7 Å². The summed E-state index contributed by atoms with van der Waals surface area (Å²) >= 11 is 18.0. The first-order valence-corrected chi connectivity index (χ1v) is 23.9. The summed E-state index contributed by atoms with van der Waals surface area (Å²) in [6.45, 7) is 26.4. The van der Waals surface area contributed by atoms with Crippen molar-refractivity contribution in [3.63, 3.8) is 0 Å². The summed E-state index contributed by atoms with van der Waals surface area (Å²) in [5.41, 5.74) is 20.4. The van der Waals surface area contributed by atoms with Crippen LogP contribution >= 0.6 is 34.8 Å². The van der Waals surface area contributed by atoms with Crippen molar-refractivity contribution in [1.29, 1.82) is 0 Å². The van der Waals surface area contributed by atoms with E-state index in [4.69, 9.17) is 49.1 Å². The Kier molecular flexibility index (Phi) is 11.6. The van der Waals surface area contributed by atoms with Gasteiger partial charge >= 0.3 is 7.12 Å². The fourth-order valence-corrected chi connectivity index (χ4v) is 10.9. The van der Waals surface area contributed by atoms with E-state index in [9.17, 15) is 0 Å². The molecule has 0 amide bonds. The fraction of sp³-hybridized carbons (Fsp3) is 0.276. The second-order valence-corrected chi connectivity index (χ2v) is 21.6. The van der Waals surface area contributed by atoms with Crippen molar-refractivity contribution < 1.29 is 9.31 Å². The molecule has 11 rings (SSSR count). The molecule has 0 spiro atoms. The summed E-state index contributed by atoms with van der Waals surface area (Å²) in [6.07, 6.45) is 0. The molecule has 8 aromatic rings. The molecule has 334 valence electrons. The van der Waals surface area contributed by atoms with Crippen LogP contribution in [0.1, 0.15) is 99.9 Å². The van der Waals surface area contributed by atoms with Gasteiger partial charge < -0.3 is 9.31 Å². The van der Waals surface area contributed by atoms with Gasteiger partial charge in [0.05, 0.1) is 27.9 Å². The van der Waals surface area contributed by atoms with E-state index < -0.39 is 0 Å². The van der Waals surface area contributed by atoms with Crippen LogP contribution in [0.15, 0.2) is 121 Å². The summed E-state index contributed by atoms with van der Waals surface area (Å²) < 4.78 is 12.8. The maximum atomic E-state index is 6.42. The molecule has 0 atom stereocenters. The highest BCUT2D eigenvalue weighted by Gasteiger charge is 2.54. The molecule has 0 bridgehead atoms. The molecule has 0 saturated carbocycles. The summed E-state index contributed by atoms with van der Waals surface area (Å²) in [5, 5.41) is 3.87. The lowest BCUT2D eigenvalue weighted by molar-refractivity contribution is 0.00578. The summed E-state index contributed by atoms with van der Waals surface area (Å²) in [5.74, 6) is 0. The average Bonchev–Trinajstić information content (AvgIpc) is 3.71. The van der Waals surface area contributed by atoms with Crippen molar-refractivity contribution in [3.8, 4) is 33.5 Å². The Labute approximate surface area is 405 Å². The Bertz CT molecular complexity index is 3250. The van der Waals surface area contributed by atoms with Gasteiger partial charge in [0.15, 0.2) is 0 Å². The SMILES string of the molecule is Cc1ccc2c(c1)-c1cc(C)cc(-c3ccc4c(Cl)cccc4n3)c1C2(C)C.Cc1ccc2c(c1)-c1cc(C)cc(B3OC(C)(C)C(C)(C)O3)c1C2(C)C.Clc1ccc2c(Cl)cccc2n1. The van der Waals surface area contributed by atoms with Crippen LogP contribution in [0.5, 0.6) is 0 Å². The molecule has 2 aromatic heterocycles. The molecular weight excluding hydrogens is 874 g/mol. The zero-order chi connectivity index (χ0) is 47.2. The minimum absolute atomic E-state index is 0.0631. The largest absolute Gasteiger partial charge is 0.495 e. The van der Waals surface area contributed by atoms with Crippen molar-refractivity contribution in [2.45, 2.75) is 105 Å². The topological polar surface area (TPSA) is 44.2 Å². The van der Waals surface area contributed by atoms with Crippen molar-refractivity contribution in [1.82, 2.24) is 9.97 Å². The van der Waals surface area contributed by atoms with Crippen LogP contribution in [0.4, 0.5) is 0 Å². The van der Waals surface area contributed by atoms with E-state index in [1.165, 1.54) is 77.8 Å². The molecule has 4 nitrogen and oxygen atoms in total. The van der Waals surface area contributed by atoms with E-state index >= 15 is 0 Å². The third kappa shape index (κ3) is 7.95. The summed E-state index contributed by atoms with van der Waals surface area (Å²) in [4.78, 5) is 9.10. The number of fused-ring (bicyclic) bond motifs is 8. The third-order valence-corrected chi connectivity index (χ3v) is 15.1. The van der Waals surface area contributed by atoms with E-state index in [0.717, 1.165) is 32.5 Å². The molecule has 1 fully saturated rings. The predicted octanol–water partition coefficient (Wildman–Crippen LogP) is 15.9. The number of halogens is 3. The summed E-state index contributed by atoms with van der Waals surface area (Å²) in [7, 11) is -0.330. The molecular formula is C58H56BCl3N2O2. The highest BCUT2D eigenvalue weighted by atomic mass is 35.5. The van der Waals surface area contributed by atoms with Gasteiger partial charge in [-0.2, -0.15) is 0 Å². The first-order valence-electron chi connectivity index (χ1n) is 22.7. The van der Waals surface area contributed by atoms with E-state index in [2.05, 4.69) is 161 Å². The molecule has 8 heteroatoms. The quantitative estimate of drug-likeness (QED) is 0.128. The van der Waals surface area contributed by atoms with Gasteiger partial charge in [-0.1, -0.05) is 146 Å². The number of pyridine rings is 2. The van der Waals surface area contributed by atoms with Crippen LogP contribution in [0.3, 0.4) is 0 Å². The van der Waals surface area contributed by atoms with E-state index in [1.807, 2.05) is 42.5 Å². The Morgan fingerprint density at radius 3 is 1.45 bits per heavy atom. The highest BCUT2D eigenvalue weighted by molar-refractivity contribution is 6.63. The Morgan fingerprint density at radius 1 is 0.439 bits per heavy atom. The second-order valence-electron chi connectivity index (χ2n) is 20.4. The molecule has 3 aliphatic rings. The number of nitrogens with zero attached hydrogens (tertiary/aromatic N) is 2. The minimum atomic E-state index is -0.333. The van der Waals surface area contributed by atoms with Gasteiger partial charge in [0.2, 0.25) is 0 Å². The van der Waals surface area contributed by atoms with Crippen LogP contribution in [-0.4, -0.2) is 28.3 Å². The molecule has 66 heavy (non-hydrogen) atoms. The Hall–Kier alpha value is -5.01. The molecule has 1 saturated heterocycles. The average molecular weight is 930 g/mol. The minimum Gasteiger partial charge on any atom is -0.399 e. The van der Waals surface area contributed by atoms with Crippen molar-refractivity contribution in [2.75, 3.05) is 0 Å². The van der Waals surface area contributed by atoms with E-state index in [-0.39, 0.29) is 29.2 Å². The van der Waals surface area contributed by atoms with Crippen molar-refractivity contribution >= 4 is 69.2 Å². The number of aryl methyl sites for hydroxylation is 4. The van der Waals surface area contributed by atoms with Gasteiger partial charge in [0, 0.05) is 37.2 Å². The lowest BCUT2D eigenvalue weighted by Crippen LogP contribution is -2.41. The Morgan fingerprint density at radius 2 is 0.894 bits per heavy atom. The van der Waals surface area contributed by atoms with Crippen LogP contribution in [0.25, 0.3) is 55.3 Å². The zero-order valence-electron chi connectivity index (χ0n) is 40.0. The number of hydrogen-bond donors (Lipinski definition) is 0. The lowest BCUT2D eigenvalue weighted by atomic mass is 9.68. The van der Waals surface area contributed by atoms with Gasteiger partial charge in [-0.3, -0.25) is 0 Å². The molecule has 1 aliphatic heterocycles. The highest BCUT2D eigenvalue weighted by Crippen LogP contribution is 2.53. The zero-order valence-corrected chi connectivity index (χ0v) is 42.2. The van der Waals surface area contributed by atoms with Crippen LogP contribution in [-0.2, 0) is 20.1 Å². The van der Waals surface area contributed by atoms with Gasteiger partial charge in [0.1, 0.15) is 5.15 Å². The van der Waals surface area contributed by atoms with Gasteiger partial charge in [-0.05, 0) is 166 Å². The third-order valence-electron chi connectivity index (χ3n) is 14.2. The van der Waals surface area contributed by atoms with Crippen LogP contribution in [0.2, 0.25) is 15.2 Å². The normalized spacial score (nSPS) is 16.4. The van der Waals surface area contributed by atoms with Gasteiger partial charge in [-0.25, -0.2) is 9.97 Å². The number of aromatic nitrogens is 2. The second kappa shape index (κ2) is 16.6. The Balaban J connectivity index is 0.000000134. The molecule has 3 heterocycles. The van der Waals surface area contributed by atoms with E-state index in [0.29, 0.717) is 10.2 Å². The monoisotopic (exact) mass is 928 g/mol. The maximum Gasteiger partial charge on any atom is 0.495 e. The summed E-state index contributed by atoms with van der Waals surface area (Å²) in [6, 6.07) is 42.1. The van der Waals surface area contributed by atoms with Gasteiger partial charge in [-0.15, -0.1) is 0 Å². The molecule has 0 unspecified atom stereocenters. The maximum absolute atomic E-state index is 6.42. The van der Waals surface area contributed by atoms with Crippen LogP contribution < -0.4 is 5.46 Å². The van der Waals surface area contributed by atoms with E-state index in [1.54, 1.807) is 6.07 Å². The number of benzene rings is 6. The number of hydrogen-bond acceptors (Lipinski definition) is 4. The smallest absolute Gasteiger partial charge is 0.399 e. The van der Waals surface area contributed by atoms with Crippen molar-refractivity contribution in [3.05, 3.63) is 181 Å².